The molecule has 2 heterocycles. The molecule has 1 saturated heterocycles. The van der Waals surface area contributed by atoms with Crippen LogP contribution in [0.25, 0.3) is 6.08 Å². The summed E-state index contributed by atoms with van der Waals surface area (Å²) < 4.78 is 13.7. The minimum absolute atomic E-state index is 0.103. The highest BCUT2D eigenvalue weighted by atomic mass is 16.7. The second-order valence-electron chi connectivity index (χ2n) is 6.09. The summed E-state index contributed by atoms with van der Waals surface area (Å²) in [5.41, 5.74) is 0.837. The highest BCUT2D eigenvalue weighted by molar-refractivity contribution is 6.55. The van der Waals surface area contributed by atoms with Crippen molar-refractivity contribution in [3.8, 4) is 0 Å². The maximum absolute atomic E-state index is 9.60. The Labute approximate surface area is 120 Å². The van der Waals surface area contributed by atoms with Crippen molar-refractivity contribution < 1.29 is 14.4 Å². The van der Waals surface area contributed by atoms with E-state index in [0.29, 0.717) is 5.47 Å². The van der Waals surface area contributed by atoms with Gasteiger partial charge in [-0.2, -0.15) is 5.10 Å². The zero-order valence-corrected chi connectivity index (χ0v) is 12.9. The maximum Gasteiger partial charge on any atom is 0.492 e. The van der Waals surface area contributed by atoms with Crippen LogP contribution in [0.4, 0.5) is 0 Å². The standard InChI is InChI=1S/C14H23BN2O3/c1-6-17-9-11(8-16-17)7-12(10-18)15-19-13(2,3)14(4,5)20-15/h7-9,18H,6,10H2,1-5H3. The molecule has 1 aliphatic heterocycles. The molecule has 0 radical (unpaired) electrons. The molecule has 0 aromatic carbocycles. The average Bonchev–Trinajstić information content (AvgIpc) is 2.89. The zero-order chi connectivity index (χ0) is 15.0. The summed E-state index contributed by atoms with van der Waals surface area (Å²) in [5.74, 6) is 0. The van der Waals surface area contributed by atoms with Crippen LogP contribution in [0.5, 0.6) is 0 Å². The van der Waals surface area contributed by atoms with Gasteiger partial charge in [-0.3, -0.25) is 4.68 Å². The minimum atomic E-state index is -0.519. The van der Waals surface area contributed by atoms with Gasteiger partial charge in [0.25, 0.3) is 0 Å². The van der Waals surface area contributed by atoms with Gasteiger partial charge in [0, 0.05) is 18.3 Å². The van der Waals surface area contributed by atoms with Crippen LogP contribution in [0.1, 0.15) is 40.2 Å². The summed E-state index contributed by atoms with van der Waals surface area (Å²) in [6.45, 7) is 10.7. The van der Waals surface area contributed by atoms with Crippen LogP contribution in [0.2, 0.25) is 0 Å². The number of hydrogen-bond acceptors (Lipinski definition) is 4. The predicted octanol–water partition coefficient (Wildman–Crippen LogP) is 1.91. The van der Waals surface area contributed by atoms with Gasteiger partial charge in [0.05, 0.1) is 24.0 Å². The Kier molecular flexibility index (Phi) is 4.09. The Bertz CT molecular complexity index is 492. The molecule has 5 nitrogen and oxygen atoms in total. The monoisotopic (exact) mass is 278 g/mol. The molecule has 20 heavy (non-hydrogen) atoms. The van der Waals surface area contributed by atoms with Crippen LogP contribution >= 0.6 is 0 Å². The molecular weight excluding hydrogens is 255 g/mol. The quantitative estimate of drug-likeness (QED) is 0.855. The van der Waals surface area contributed by atoms with Crippen molar-refractivity contribution in [2.45, 2.75) is 52.4 Å². The molecule has 6 heteroatoms. The largest absolute Gasteiger partial charge is 0.492 e. The number of aliphatic hydroxyl groups is 1. The lowest BCUT2D eigenvalue weighted by Crippen LogP contribution is -2.41. The molecule has 1 aliphatic rings. The fraction of sp³-hybridized carbons (Fsp3) is 0.643. The lowest BCUT2D eigenvalue weighted by molar-refractivity contribution is 0.00578. The normalized spacial score (nSPS) is 21.5. The van der Waals surface area contributed by atoms with Crippen LogP contribution in [0.15, 0.2) is 17.9 Å². The SMILES string of the molecule is CCn1cc(C=C(CO)B2OC(C)(C)C(C)(C)O2)cn1. The molecule has 110 valence electrons. The van der Waals surface area contributed by atoms with Crippen LogP contribution in [-0.4, -0.2) is 39.8 Å². The first-order valence-corrected chi connectivity index (χ1v) is 6.98. The van der Waals surface area contributed by atoms with Crippen molar-refractivity contribution in [1.82, 2.24) is 9.78 Å². The zero-order valence-electron chi connectivity index (χ0n) is 12.9. The smallest absolute Gasteiger partial charge is 0.400 e. The first kappa shape index (κ1) is 15.3. The molecule has 1 N–H and O–H groups in total. The molecule has 1 aromatic rings. The van der Waals surface area contributed by atoms with Gasteiger partial charge < -0.3 is 14.4 Å². The van der Waals surface area contributed by atoms with Crippen LogP contribution in [0, 0.1) is 0 Å². The molecule has 0 saturated carbocycles. The lowest BCUT2D eigenvalue weighted by atomic mass is 9.78. The molecule has 0 bridgehead atoms. The Balaban J connectivity index is 2.21. The van der Waals surface area contributed by atoms with Crippen LogP contribution in [0.3, 0.4) is 0 Å². The van der Waals surface area contributed by atoms with E-state index in [-0.39, 0.29) is 6.61 Å². The fourth-order valence-corrected chi connectivity index (χ4v) is 2.02. The van der Waals surface area contributed by atoms with Crippen molar-refractivity contribution in [1.29, 1.82) is 0 Å². The molecule has 2 rings (SSSR count). The van der Waals surface area contributed by atoms with Gasteiger partial charge in [0.1, 0.15) is 0 Å². The third-order valence-corrected chi connectivity index (χ3v) is 4.07. The first-order chi connectivity index (χ1) is 9.29. The number of aromatic nitrogens is 2. The van der Waals surface area contributed by atoms with Gasteiger partial charge >= 0.3 is 7.12 Å². The van der Waals surface area contributed by atoms with Gasteiger partial charge in [-0.25, -0.2) is 0 Å². The maximum atomic E-state index is 9.60. The van der Waals surface area contributed by atoms with E-state index in [1.807, 2.05) is 51.6 Å². The van der Waals surface area contributed by atoms with Gasteiger partial charge in [0.2, 0.25) is 0 Å². The molecule has 0 aliphatic carbocycles. The van der Waals surface area contributed by atoms with E-state index in [2.05, 4.69) is 5.10 Å². The average molecular weight is 278 g/mol. The van der Waals surface area contributed by atoms with E-state index in [4.69, 9.17) is 9.31 Å². The Hall–Kier alpha value is -1.11. The van der Waals surface area contributed by atoms with Crippen LogP contribution in [-0.2, 0) is 15.9 Å². The second kappa shape index (κ2) is 5.35. The van der Waals surface area contributed by atoms with Gasteiger partial charge in [-0.05, 0) is 40.1 Å². The summed E-state index contributed by atoms with van der Waals surface area (Å²) in [7, 11) is -0.519. The Morgan fingerprint density at radius 1 is 1.35 bits per heavy atom. The van der Waals surface area contributed by atoms with E-state index >= 15 is 0 Å². The molecule has 0 unspecified atom stereocenters. The summed E-state index contributed by atoms with van der Waals surface area (Å²) in [6.07, 6.45) is 5.58. The highest BCUT2D eigenvalue weighted by Crippen LogP contribution is 2.38. The highest BCUT2D eigenvalue weighted by Gasteiger charge is 2.52. The first-order valence-electron chi connectivity index (χ1n) is 6.98. The molecule has 0 spiro atoms. The summed E-state index contributed by atoms with van der Waals surface area (Å²) in [5, 5.41) is 13.8. The van der Waals surface area contributed by atoms with Gasteiger partial charge in [-0.1, -0.05) is 6.08 Å². The fourth-order valence-electron chi connectivity index (χ4n) is 2.02. The molecule has 0 atom stereocenters. The molecule has 0 amide bonds. The van der Waals surface area contributed by atoms with E-state index < -0.39 is 18.3 Å². The van der Waals surface area contributed by atoms with Crippen molar-refractivity contribution >= 4 is 13.2 Å². The number of rotatable bonds is 4. The van der Waals surface area contributed by atoms with E-state index in [1.54, 1.807) is 6.20 Å². The summed E-state index contributed by atoms with van der Waals surface area (Å²) in [4.78, 5) is 0. The summed E-state index contributed by atoms with van der Waals surface area (Å²) in [6, 6.07) is 0. The van der Waals surface area contributed by atoms with Gasteiger partial charge in [-0.15, -0.1) is 0 Å². The predicted molar refractivity (Wildman–Crippen MR) is 79.0 cm³/mol. The van der Waals surface area contributed by atoms with E-state index in [1.165, 1.54) is 0 Å². The van der Waals surface area contributed by atoms with Crippen molar-refractivity contribution in [3.05, 3.63) is 23.4 Å². The van der Waals surface area contributed by atoms with E-state index in [0.717, 1.165) is 12.1 Å². The molecule has 1 fully saturated rings. The Morgan fingerprint density at radius 2 is 1.95 bits per heavy atom. The van der Waals surface area contributed by atoms with Crippen molar-refractivity contribution in [3.63, 3.8) is 0 Å². The molecular formula is C14H23BN2O3. The minimum Gasteiger partial charge on any atom is -0.400 e. The Morgan fingerprint density at radius 3 is 2.40 bits per heavy atom. The third kappa shape index (κ3) is 2.82. The number of nitrogens with zero attached hydrogens (tertiary/aromatic N) is 2. The third-order valence-electron chi connectivity index (χ3n) is 4.07. The van der Waals surface area contributed by atoms with Crippen LogP contribution < -0.4 is 0 Å². The summed E-state index contributed by atoms with van der Waals surface area (Å²) >= 11 is 0. The van der Waals surface area contributed by atoms with Crippen molar-refractivity contribution in [2.24, 2.45) is 0 Å². The topological polar surface area (TPSA) is 56.5 Å². The number of aliphatic hydroxyl groups excluding tert-OH is 1. The van der Waals surface area contributed by atoms with Crippen molar-refractivity contribution in [2.75, 3.05) is 6.61 Å². The van der Waals surface area contributed by atoms with Gasteiger partial charge in [0.15, 0.2) is 0 Å². The van der Waals surface area contributed by atoms with E-state index in [9.17, 15) is 5.11 Å². The lowest BCUT2D eigenvalue weighted by Gasteiger charge is -2.32. The number of aryl methyl sites for hydroxylation is 1. The number of hydrogen-bond donors (Lipinski definition) is 1. The molecule has 1 aromatic heterocycles. The second-order valence-corrected chi connectivity index (χ2v) is 6.09.